The zero-order chi connectivity index (χ0) is 10.4. The van der Waals surface area contributed by atoms with Crippen molar-refractivity contribution in [3.05, 3.63) is 0 Å². The number of nitrogens with zero attached hydrogens (tertiary/aromatic N) is 4. The molecule has 1 rings (SSSR count). The third kappa shape index (κ3) is 4.05. The Labute approximate surface area is 86.7 Å². The molecule has 1 saturated heterocycles. The molecular weight excluding hydrogens is 176 g/mol. The van der Waals surface area contributed by atoms with E-state index >= 15 is 0 Å². The number of hydrogen-bond acceptors (Lipinski definition) is 4. The van der Waals surface area contributed by atoms with Crippen LogP contribution in [-0.2, 0) is 0 Å². The summed E-state index contributed by atoms with van der Waals surface area (Å²) >= 11 is 0. The molecule has 0 N–H and O–H groups in total. The molecule has 0 aromatic carbocycles. The van der Waals surface area contributed by atoms with Crippen molar-refractivity contribution < 1.29 is 0 Å². The Balaban J connectivity index is 2.13. The summed E-state index contributed by atoms with van der Waals surface area (Å²) in [6, 6.07) is 2.20. The summed E-state index contributed by atoms with van der Waals surface area (Å²) in [5.74, 6) is 0. The van der Waals surface area contributed by atoms with Crippen LogP contribution in [0.4, 0.5) is 0 Å². The summed E-state index contributed by atoms with van der Waals surface area (Å²) in [6.45, 7) is 7.15. The Morgan fingerprint density at radius 2 is 1.71 bits per heavy atom. The molecule has 4 nitrogen and oxygen atoms in total. The standard InChI is InChI=1S/C10H20N4/c1-12(2)5-6-14-9-7-13(4-3-11)8-10-14/h4-10H2,1-2H3. The van der Waals surface area contributed by atoms with Gasteiger partial charge in [0.15, 0.2) is 0 Å². The van der Waals surface area contributed by atoms with Crippen molar-refractivity contribution >= 4 is 0 Å². The fraction of sp³-hybridized carbons (Fsp3) is 0.900. The zero-order valence-corrected chi connectivity index (χ0v) is 9.24. The normalized spacial score (nSPS) is 19.9. The lowest BCUT2D eigenvalue weighted by molar-refractivity contribution is 0.135. The van der Waals surface area contributed by atoms with Crippen LogP contribution in [0.5, 0.6) is 0 Å². The maximum atomic E-state index is 8.55. The number of likely N-dealkylation sites (N-methyl/N-ethyl adjacent to an activating group) is 1. The van der Waals surface area contributed by atoms with Crippen molar-refractivity contribution in [2.45, 2.75) is 0 Å². The molecule has 0 amide bonds. The van der Waals surface area contributed by atoms with Crippen LogP contribution in [0.3, 0.4) is 0 Å². The van der Waals surface area contributed by atoms with Crippen molar-refractivity contribution in [3.63, 3.8) is 0 Å². The third-order valence-electron chi connectivity index (χ3n) is 2.62. The first-order valence-electron chi connectivity index (χ1n) is 5.19. The predicted octanol–water partition coefficient (Wildman–Crippen LogP) is -0.311. The maximum absolute atomic E-state index is 8.55. The van der Waals surface area contributed by atoms with Gasteiger partial charge in [0.1, 0.15) is 0 Å². The molecule has 80 valence electrons. The van der Waals surface area contributed by atoms with E-state index in [2.05, 4.69) is 34.9 Å². The van der Waals surface area contributed by atoms with Gasteiger partial charge >= 0.3 is 0 Å². The highest BCUT2D eigenvalue weighted by atomic mass is 15.3. The molecule has 1 fully saturated rings. The minimum Gasteiger partial charge on any atom is -0.308 e. The average molecular weight is 196 g/mol. The van der Waals surface area contributed by atoms with E-state index in [0.29, 0.717) is 6.54 Å². The lowest BCUT2D eigenvalue weighted by atomic mass is 10.3. The SMILES string of the molecule is CN(C)CCN1CCN(CC#N)CC1. The Bertz CT molecular complexity index is 189. The summed E-state index contributed by atoms with van der Waals surface area (Å²) < 4.78 is 0. The number of rotatable bonds is 4. The van der Waals surface area contributed by atoms with Crippen LogP contribution in [0.1, 0.15) is 0 Å². The summed E-state index contributed by atoms with van der Waals surface area (Å²) in [5, 5.41) is 8.55. The first-order chi connectivity index (χ1) is 6.72. The maximum Gasteiger partial charge on any atom is 0.0866 e. The molecule has 0 saturated carbocycles. The summed E-state index contributed by atoms with van der Waals surface area (Å²) in [5.41, 5.74) is 0. The monoisotopic (exact) mass is 196 g/mol. The van der Waals surface area contributed by atoms with Gasteiger partial charge in [0.25, 0.3) is 0 Å². The van der Waals surface area contributed by atoms with Crippen molar-refractivity contribution in [3.8, 4) is 6.07 Å². The molecule has 4 heteroatoms. The van der Waals surface area contributed by atoms with Gasteiger partial charge in [-0.25, -0.2) is 0 Å². The molecule has 0 bridgehead atoms. The van der Waals surface area contributed by atoms with Gasteiger partial charge in [-0.2, -0.15) is 5.26 Å². The third-order valence-corrected chi connectivity index (χ3v) is 2.62. The van der Waals surface area contributed by atoms with Gasteiger partial charge in [0.05, 0.1) is 12.6 Å². The molecule has 0 atom stereocenters. The first kappa shape index (κ1) is 11.4. The molecule has 0 spiro atoms. The average Bonchev–Trinajstić information content (AvgIpc) is 2.17. The van der Waals surface area contributed by atoms with E-state index in [0.717, 1.165) is 39.3 Å². The van der Waals surface area contributed by atoms with Gasteiger partial charge in [0, 0.05) is 39.3 Å². The molecule has 0 aromatic rings. The zero-order valence-electron chi connectivity index (χ0n) is 9.24. The minimum atomic E-state index is 0.585. The van der Waals surface area contributed by atoms with Crippen molar-refractivity contribution in [2.75, 3.05) is 59.9 Å². The van der Waals surface area contributed by atoms with E-state index in [-0.39, 0.29) is 0 Å². The molecule has 0 aromatic heterocycles. The number of nitriles is 1. The van der Waals surface area contributed by atoms with Gasteiger partial charge in [0.2, 0.25) is 0 Å². The molecule has 0 unspecified atom stereocenters. The van der Waals surface area contributed by atoms with Gasteiger partial charge in [-0.1, -0.05) is 0 Å². The van der Waals surface area contributed by atoms with Crippen LogP contribution >= 0.6 is 0 Å². The highest BCUT2D eigenvalue weighted by Gasteiger charge is 2.15. The second-order valence-corrected chi connectivity index (χ2v) is 4.08. The van der Waals surface area contributed by atoms with E-state index in [4.69, 9.17) is 5.26 Å². The highest BCUT2D eigenvalue weighted by Crippen LogP contribution is 2.00. The Kier molecular flexibility index (Phi) is 4.88. The minimum absolute atomic E-state index is 0.585. The second kappa shape index (κ2) is 5.97. The first-order valence-corrected chi connectivity index (χ1v) is 5.19. The highest BCUT2D eigenvalue weighted by molar-refractivity contribution is 4.80. The Morgan fingerprint density at radius 1 is 1.14 bits per heavy atom. The lowest BCUT2D eigenvalue weighted by Crippen LogP contribution is -2.47. The fourth-order valence-electron chi connectivity index (χ4n) is 1.61. The molecular formula is C10H20N4. The van der Waals surface area contributed by atoms with Crippen molar-refractivity contribution in [1.82, 2.24) is 14.7 Å². The number of piperazine rings is 1. The molecule has 1 aliphatic heterocycles. The molecule has 0 aliphatic carbocycles. The van der Waals surface area contributed by atoms with Gasteiger partial charge < -0.3 is 4.90 Å². The largest absolute Gasteiger partial charge is 0.308 e. The second-order valence-electron chi connectivity index (χ2n) is 4.08. The van der Waals surface area contributed by atoms with Crippen LogP contribution < -0.4 is 0 Å². The summed E-state index contributed by atoms with van der Waals surface area (Å²) in [4.78, 5) is 6.89. The van der Waals surface area contributed by atoms with Gasteiger partial charge in [-0.05, 0) is 14.1 Å². The van der Waals surface area contributed by atoms with E-state index in [1.807, 2.05) is 0 Å². The van der Waals surface area contributed by atoms with Crippen LogP contribution in [0, 0.1) is 11.3 Å². The number of hydrogen-bond donors (Lipinski definition) is 0. The summed E-state index contributed by atoms with van der Waals surface area (Å²) in [7, 11) is 4.21. The lowest BCUT2D eigenvalue weighted by Gasteiger charge is -2.33. The topological polar surface area (TPSA) is 33.5 Å². The quantitative estimate of drug-likeness (QED) is 0.578. The Morgan fingerprint density at radius 3 is 2.21 bits per heavy atom. The van der Waals surface area contributed by atoms with E-state index in [1.54, 1.807) is 0 Å². The summed E-state index contributed by atoms with van der Waals surface area (Å²) in [6.07, 6.45) is 0. The van der Waals surface area contributed by atoms with E-state index < -0.39 is 0 Å². The van der Waals surface area contributed by atoms with Crippen LogP contribution in [0.2, 0.25) is 0 Å². The van der Waals surface area contributed by atoms with Crippen molar-refractivity contribution in [1.29, 1.82) is 5.26 Å². The van der Waals surface area contributed by atoms with Crippen LogP contribution in [0.25, 0.3) is 0 Å². The Hall–Kier alpha value is -0.630. The van der Waals surface area contributed by atoms with E-state index in [1.165, 1.54) is 0 Å². The van der Waals surface area contributed by atoms with Crippen LogP contribution in [-0.4, -0.2) is 74.6 Å². The molecule has 0 radical (unpaired) electrons. The van der Waals surface area contributed by atoms with Crippen LogP contribution in [0.15, 0.2) is 0 Å². The fourth-order valence-corrected chi connectivity index (χ4v) is 1.61. The van der Waals surface area contributed by atoms with Gasteiger partial charge in [-0.3, -0.25) is 9.80 Å². The molecule has 14 heavy (non-hydrogen) atoms. The smallest absolute Gasteiger partial charge is 0.0866 e. The molecule has 1 aliphatic rings. The van der Waals surface area contributed by atoms with E-state index in [9.17, 15) is 0 Å². The van der Waals surface area contributed by atoms with Gasteiger partial charge in [-0.15, -0.1) is 0 Å². The molecule has 1 heterocycles. The van der Waals surface area contributed by atoms with Crippen molar-refractivity contribution in [2.24, 2.45) is 0 Å². The predicted molar refractivity (Wildman–Crippen MR) is 57.0 cm³/mol.